The van der Waals surface area contributed by atoms with E-state index in [1.54, 1.807) is 26.1 Å². The van der Waals surface area contributed by atoms with Crippen LogP contribution in [0.1, 0.15) is 20.3 Å². The van der Waals surface area contributed by atoms with Crippen LogP contribution in [0.25, 0.3) is 0 Å². The number of aromatic nitrogens is 1. The largest absolute Gasteiger partial charge is 0.367 e. The Bertz CT molecular complexity index is 478. The van der Waals surface area contributed by atoms with Crippen LogP contribution in [-0.2, 0) is 9.59 Å². The van der Waals surface area contributed by atoms with Crippen LogP contribution in [0.15, 0.2) is 18.3 Å². The van der Waals surface area contributed by atoms with E-state index in [0.717, 1.165) is 31.9 Å². The maximum atomic E-state index is 11.3. The molecule has 0 spiro atoms. The fraction of sp³-hybridized carbons (Fsp3) is 0.500. The first kappa shape index (κ1) is 14.3. The van der Waals surface area contributed by atoms with E-state index in [1.165, 1.54) is 0 Å². The maximum absolute atomic E-state index is 11.3. The lowest BCUT2D eigenvalue weighted by Crippen LogP contribution is -2.48. The molecule has 0 bridgehead atoms. The van der Waals surface area contributed by atoms with E-state index in [9.17, 15) is 9.59 Å². The molecule has 2 heterocycles. The number of piperazine rings is 1. The minimum atomic E-state index is -0.0414. The summed E-state index contributed by atoms with van der Waals surface area (Å²) >= 11 is 0. The van der Waals surface area contributed by atoms with Crippen molar-refractivity contribution in [2.24, 2.45) is 0 Å². The van der Waals surface area contributed by atoms with Crippen molar-refractivity contribution in [1.82, 2.24) is 9.88 Å². The van der Waals surface area contributed by atoms with E-state index in [0.29, 0.717) is 12.2 Å². The summed E-state index contributed by atoms with van der Waals surface area (Å²) in [6.45, 7) is 6.50. The summed E-state index contributed by atoms with van der Waals surface area (Å²) in [5, 5.41) is 2.72. The second-order valence-corrected chi connectivity index (χ2v) is 4.80. The van der Waals surface area contributed by atoms with Gasteiger partial charge in [0.1, 0.15) is 5.82 Å². The minimum Gasteiger partial charge on any atom is -0.367 e. The molecule has 2 rings (SSSR count). The van der Waals surface area contributed by atoms with Crippen molar-refractivity contribution in [2.75, 3.05) is 36.4 Å². The molecule has 1 fully saturated rings. The summed E-state index contributed by atoms with van der Waals surface area (Å²) in [6, 6.07) is 3.75. The summed E-state index contributed by atoms with van der Waals surface area (Å²) in [5.74, 6) is 0.656. The second kappa shape index (κ2) is 6.36. The first-order valence-corrected chi connectivity index (χ1v) is 6.86. The predicted octanol–water partition coefficient (Wildman–Crippen LogP) is 1.10. The van der Waals surface area contributed by atoms with Crippen LogP contribution in [0.5, 0.6) is 0 Å². The molecule has 20 heavy (non-hydrogen) atoms. The minimum absolute atomic E-state index is 0.0414. The van der Waals surface area contributed by atoms with Crippen molar-refractivity contribution in [3.63, 3.8) is 0 Å². The molecule has 1 aromatic heterocycles. The first-order valence-electron chi connectivity index (χ1n) is 6.86. The van der Waals surface area contributed by atoms with Gasteiger partial charge in [0.25, 0.3) is 0 Å². The SMILES string of the molecule is CCC(=O)Nc1ccc(N2CCN(C(C)=O)CC2)cn1. The Hall–Kier alpha value is -2.11. The third kappa shape index (κ3) is 3.46. The van der Waals surface area contributed by atoms with Gasteiger partial charge in [-0.1, -0.05) is 6.92 Å². The van der Waals surface area contributed by atoms with Crippen molar-refractivity contribution in [1.29, 1.82) is 0 Å². The number of hydrogen-bond acceptors (Lipinski definition) is 4. The van der Waals surface area contributed by atoms with Crippen LogP contribution in [0.3, 0.4) is 0 Å². The Morgan fingerprint density at radius 3 is 2.45 bits per heavy atom. The molecule has 1 aliphatic heterocycles. The van der Waals surface area contributed by atoms with E-state index in [4.69, 9.17) is 0 Å². The quantitative estimate of drug-likeness (QED) is 0.898. The van der Waals surface area contributed by atoms with Crippen molar-refractivity contribution in [2.45, 2.75) is 20.3 Å². The third-order valence-corrected chi connectivity index (χ3v) is 3.43. The third-order valence-electron chi connectivity index (χ3n) is 3.43. The van der Waals surface area contributed by atoms with Crippen molar-refractivity contribution in [3.8, 4) is 0 Å². The van der Waals surface area contributed by atoms with Gasteiger partial charge in [-0.15, -0.1) is 0 Å². The number of rotatable bonds is 3. The standard InChI is InChI=1S/C14H20N4O2/c1-3-14(20)16-13-5-4-12(10-15-13)18-8-6-17(7-9-18)11(2)19/h4-5,10H,3,6-9H2,1-2H3,(H,15,16,20). The van der Waals surface area contributed by atoms with Gasteiger partial charge in [-0.3, -0.25) is 9.59 Å². The average molecular weight is 276 g/mol. The molecule has 108 valence electrons. The van der Waals surface area contributed by atoms with Gasteiger partial charge in [-0.2, -0.15) is 0 Å². The molecule has 0 aliphatic carbocycles. The first-order chi connectivity index (χ1) is 9.60. The Balaban J connectivity index is 1.94. The molecule has 1 aliphatic rings. The van der Waals surface area contributed by atoms with Crippen LogP contribution in [0.2, 0.25) is 0 Å². The lowest BCUT2D eigenvalue weighted by molar-refractivity contribution is -0.129. The van der Waals surface area contributed by atoms with Gasteiger partial charge in [-0.25, -0.2) is 4.98 Å². The molecule has 6 heteroatoms. The van der Waals surface area contributed by atoms with Gasteiger partial charge >= 0.3 is 0 Å². The smallest absolute Gasteiger partial charge is 0.225 e. The number of pyridine rings is 1. The second-order valence-electron chi connectivity index (χ2n) is 4.80. The molecule has 6 nitrogen and oxygen atoms in total. The summed E-state index contributed by atoms with van der Waals surface area (Å²) < 4.78 is 0. The van der Waals surface area contributed by atoms with Crippen molar-refractivity contribution >= 4 is 23.3 Å². The van der Waals surface area contributed by atoms with E-state index in [2.05, 4.69) is 15.2 Å². The fourth-order valence-electron chi connectivity index (χ4n) is 2.16. The van der Waals surface area contributed by atoms with Gasteiger partial charge in [0.15, 0.2) is 0 Å². The highest BCUT2D eigenvalue weighted by Crippen LogP contribution is 2.17. The van der Waals surface area contributed by atoms with Gasteiger partial charge in [0.05, 0.1) is 11.9 Å². The summed E-state index contributed by atoms with van der Waals surface area (Å²) in [4.78, 5) is 30.8. The Kier molecular flexibility index (Phi) is 4.55. The molecular weight excluding hydrogens is 256 g/mol. The molecule has 1 saturated heterocycles. The van der Waals surface area contributed by atoms with Crippen LogP contribution in [0, 0.1) is 0 Å². The lowest BCUT2D eigenvalue weighted by atomic mass is 10.2. The van der Waals surface area contributed by atoms with Crippen molar-refractivity contribution < 1.29 is 9.59 Å². The highest BCUT2D eigenvalue weighted by atomic mass is 16.2. The van der Waals surface area contributed by atoms with E-state index < -0.39 is 0 Å². The summed E-state index contributed by atoms with van der Waals surface area (Å²) in [7, 11) is 0. The van der Waals surface area contributed by atoms with Crippen LogP contribution >= 0.6 is 0 Å². The maximum Gasteiger partial charge on any atom is 0.225 e. The Morgan fingerprint density at radius 1 is 1.25 bits per heavy atom. The van der Waals surface area contributed by atoms with Crippen LogP contribution < -0.4 is 10.2 Å². The fourth-order valence-corrected chi connectivity index (χ4v) is 2.16. The van der Waals surface area contributed by atoms with Gasteiger partial charge in [0, 0.05) is 39.5 Å². The summed E-state index contributed by atoms with van der Waals surface area (Å²) in [5.41, 5.74) is 1.02. The zero-order valence-electron chi connectivity index (χ0n) is 11.9. The van der Waals surface area contributed by atoms with Gasteiger partial charge < -0.3 is 15.1 Å². The monoisotopic (exact) mass is 276 g/mol. The number of carbonyl (C=O) groups is 2. The number of hydrogen-bond donors (Lipinski definition) is 1. The molecule has 0 aromatic carbocycles. The Morgan fingerprint density at radius 2 is 1.95 bits per heavy atom. The van der Waals surface area contributed by atoms with Crippen molar-refractivity contribution in [3.05, 3.63) is 18.3 Å². The number of amides is 2. The zero-order valence-corrected chi connectivity index (χ0v) is 11.9. The number of nitrogens with zero attached hydrogens (tertiary/aromatic N) is 3. The molecular formula is C14H20N4O2. The molecule has 2 amide bonds. The van der Waals surface area contributed by atoms with E-state index in [-0.39, 0.29) is 11.8 Å². The zero-order chi connectivity index (χ0) is 14.5. The molecule has 0 saturated carbocycles. The molecule has 0 atom stereocenters. The molecule has 1 N–H and O–H groups in total. The predicted molar refractivity (Wildman–Crippen MR) is 77.6 cm³/mol. The lowest BCUT2D eigenvalue weighted by Gasteiger charge is -2.35. The number of anilines is 2. The topological polar surface area (TPSA) is 65.5 Å². The average Bonchev–Trinajstić information content (AvgIpc) is 2.48. The number of nitrogens with one attached hydrogen (secondary N) is 1. The normalized spacial score (nSPS) is 15.1. The molecule has 0 unspecified atom stereocenters. The Labute approximate surface area is 118 Å². The summed E-state index contributed by atoms with van der Waals surface area (Å²) in [6.07, 6.45) is 2.20. The van der Waals surface area contributed by atoms with E-state index >= 15 is 0 Å². The van der Waals surface area contributed by atoms with Crippen LogP contribution in [0.4, 0.5) is 11.5 Å². The van der Waals surface area contributed by atoms with Crippen LogP contribution in [-0.4, -0.2) is 47.9 Å². The molecule has 0 radical (unpaired) electrons. The van der Waals surface area contributed by atoms with Gasteiger partial charge in [0.2, 0.25) is 11.8 Å². The highest BCUT2D eigenvalue weighted by molar-refractivity contribution is 5.89. The van der Waals surface area contributed by atoms with E-state index in [1.807, 2.05) is 11.0 Å². The number of carbonyl (C=O) groups excluding carboxylic acids is 2. The molecule has 1 aromatic rings. The highest BCUT2D eigenvalue weighted by Gasteiger charge is 2.18. The van der Waals surface area contributed by atoms with Gasteiger partial charge in [-0.05, 0) is 12.1 Å².